The smallest absolute Gasteiger partial charge is 0.416 e. The summed E-state index contributed by atoms with van der Waals surface area (Å²) in [5, 5.41) is 9.43. The molecule has 6 nitrogen and oxygen atoms in total. The number of fused-ring (bicyclic) bond motifs is 1. The van der Waals surface area contributed by atoms with Gasteiger partial charge in [0.2, 0.25) is 0 Å². The van der Waals surface area contributed by atoms with Crippen LogP contribution in [0.3, 0.4) is 0 Å². The van der Waals surface area contributed by atoms with Gasteiger partial charge in [-0.3, -0.25) is 4.31 Å². The summed E-state index contributed by atoms with van der Waals surface area (Å²) in [5.74, 6) is 0.183. The molecular formula is C17H17F3N2O4S. The fourth-order valence-electron chi connectivity index (χ4n) is 2.86. The van der Waals surface area contributed by atoms with Crippen LogP contribution in [0, 0.1) is 6.92 Å². The second-order valence-corrected chi connectivity index (χ2v) is 7.97. The van der Waals surface area contributed by atoms with Gasteiger partial charge in [0.05, 0.1) is 29.3 Å². The zero-order valence-corrected chi connectivity index (χ0v) is 15.0. The third-order valence-corrected chi connectivity index (χ3v) is 6.06. The molecule has 0 fully saturated rings. The lowest BCUT2D eigenvalue weighted by Gasteiger charge is -2.36. The Morgan fingerprint density at radius 2 is 2.00 bits per heavy atom. The van der Waals surface area contributed by atoms with Gasteiger partial charge in [0.15, 0.2) is 0 Å². The maximum absolute atomic E-state index is 13.1. The molecule has 0 radical (unpaired) electrons. The third kappa shape index (κ3) is 3.42. The highest BCUT2D eigenvalue weighted by Crippen LogP contribution is 2.42. The summed E-state index contributed by atoms with van der Waals surface area (Å²) in [6.45, 7) is 0.870. The summed E-state index contributed by atoms with van der Waals surface area (Å²) in [4.78, 5) is -0.510. The second kappa shape index (κ2) is 6.61. The number of aliphatic hydroxyl groups is 1. The van der Waals surface area contributed by atoms with Crippen molar-refractivity contribution in [1.29, 1.82) is 0 Å². The Morgan fingerprint density at radius 1 is 1.30 bits per heavy atom. The van der Waals surface area contributed by atoms with Crippen molar-refractivity contribution in [1.82, 2.24) is 0 Å². The Bertz CT molecular complexity index is 977. The molecule has 1 unspecified atom stereocenters. The number of nitrogen functional groups attached to an aromatic ring is 1. The van der Waals surface area contributed by atoms with Crippen molar-refractivity contribution in [3.05, 3.63) is 47.5 Å². The minimum absolute atomic E-state index is 0.150. The molecule has 1 aliphatic heterocycles. The van der Waals surface area contributed by atoms with Gasteiger partial charge < -0.3 is 15.6 Å². The van der Waals surface area contributed by atoms with Crippen molar-refractivity contribution < 1.29 is 31.4 Å². The lowest BCUT2D eigenvalue weighted by atomic mass is 10.1. The Morgan fingerprint density at radius 3 is 2.63 bits per heavy atom. The van der Waals surface area contributed by atoms with Gasteiger partial charge in [-0.2, -0.15) is 13.2 Å². The molecular weight excluding hydrogens is 385 g/mol. The van der Waals surface area contributed by atoms with E-state index in [2.05, 4.69) is 0 Å². The molecule has 2 aromatic rings. The summed E-state index contributed by atoms with van der Waals surface area (Å²) in [6.07, 6.45) is -5.54. The van der Waals surface area contributed by atoms with Crippen molar-refractivity contribution in [2.24, 2.45) is 0 Å². The number of benzene rings is 2. The van der Waals surface area contributed by atoms with Crippen LogP contribution in [0.25, 0.3) is 0 Å². The Hall–Kier alpha value is -2.46. The minimum Gasteiger partial charge on any atom is -0.484 e. The Balaban J connectivity index is 2.17. The van der Waals surface area contributed by atoms with Crippen LogP contribution >= 0.6 is 0 Å². The molecule has 0 bridgehead atoms. The first-order chi connectivity index (χ1) is 12.6. The molecule has 0 aliphatic carbocycles. The number of aliphatic hydroxyl groups excluding tert-OH is 1. The first kappa shape index (κ1) is 19.3. The summed E-state index contributed by atoms with van der Waals surface area (Å²) < 4.78 is 71.8. The van der Waals surface area contributed by atoms with Gasteiger partial charge in [0, 0.05) is 11.3 Å². The quantitative estimate of drug-likeness (QED) is 0.770. The maximum Gasteiger partial charge on any atom is 0.416 e. The van der Waals surface area contributed by atoms with Crippen LogP contribution in [0.1, 0.15) is 11.1 Å². The van der Waals surface area contributed by atoms with Gasteiger partial charge in [-0.1, -0.05) is 6.07 Å². The predicted octanol–water partition coefficient (Wildman–Crippen LogP) is 2.54. The number of nitrogens with zero attached hydrogens (tertiary/aromatic N) is 1. The molecule has 0 amide bonds. The van der Waals surface area contributed by atoms with E-state index < -0.39 is 39.4 Å². The van der Waals surface area contributed by atoms with Crippen molar-refractivity contribution >= 4 is 21.4 Å². The average Bonchev–Trinajstić information content (AvgIpc) is 2.63. The van der Waals surface area contributed by atoms with Gasteiger partial charge in [-0.15, -0.1) is 0 Å². The fraction of sp³-hybridized carbons (Fsp3) is 0.294. The molecule has 27 heavy (non-hydrogen) atoms. The Labute approximate surface area is 154 Å². The van der Waals surface area contributed by atoms with Crippen LogP contribution in [0.5, 0.6) is 5.75 Å². The van der Waals surface area contributed by atoms with E-state index >= 15 is 0 Å². The van der Waals surface area contributed by atoms with Gasteiger partial charge in [-0.05, 0) is 37.3 Å². The molecule has 0 saturated heterocycles. The number of hydrogen-bond acceptors (Lipinski definition) is 5. The topological polar surface area (TPSA) is 92.9 Å². The lowest BCUT2D eigenvalue weighted by Crippen LogP contribution is -2.45. The molecule has 0 saturated carbocycles. The lowest BCUT2D eigenvalue weighted by molar-refractivity contribution is -0.137. The van der Waals surface area contributed by atoms with E-state index in [-0.39, 0.29) is 18.0 Å². The van der Waals surface area contributed by atoms with E-state index in [1.807, 2.05) is 0 Å². The summed E-state index contributed by atoms with van der Waals surface area (Å²) in [5.41, 5.74) is 5.67. The van der Waals surface area contributed by atoms with Gasteiger partial charge in [0.1, 0.15) is 11.9 Å². The number of nitrogens with two attached hydrogens (primary N) is 1. The van der Waals surface area contributed by atoms with Gasteiger partial charge >= 0.3 is 6.18 Å². The number of ether oxygens (including phenoxy) is 1. The van der Waals surface area contributed by atoms with E-state index in [0.29, 0.717) is 17.3 Å². The molecule has 10 heteroatoms. The summed E-state index contributed by atoms with van der Waals surface area (Å²) in [7, 11) is -4.35. The molecule has 2 aromatic carbocycles. The predicted molar refractivity (Wildman–Crippen MR) is 93.1 cm³/mol. The first-order valence-corrected chi connectivity index (χ1v) is 9.36. The van der Waals surface area contributed by atoms with E-state index in [1.54, 1.807) is 6.92 Å². The van der Waals surface area contributed by atoms with Crippen molar-refractivity contribution in [3.8, 4) is 5.75 Å². The highest BCUT2D eigenvalue weighted by Gasteiger charge is 2.37. The molecule has 3 rings (SSSR count). The van der Waals surface area contributed by atoms with Crippen molar-refractivity contribution in [2.45, 2.75) is 24.1 Å². The first-order valence-electron chi connectivity index (χ1n) is 7.92. The van der Waals surface area contributed by atoms with Crippen LogP contribution in [0.2, 0.25) is 0 Å². The zero-order chi connectivity index (χ0) is 20.0. The van der Waals surface area contributed by atoms with E-state index in [4.69, 9.17) is 10.5 Å². The molecule has 1 heterocycles. The summed E-state index contributed by atoms with van der Waals surface area (Å²) in [6, 6.07) is 6.51. The monoisotopic (exact) mass is 402 g/mol. The highest BCUT2D eigenvalue weighted by atomic mass is 32.2. The molecule has 146 valence electrons. The van der Waals surface area contributed by atoms with Crippen LogP contribution in [0.15, 0.2) is 41.3 Å². The largest absolute Gasteiger partial charge is 0.484 e. The van der Waals surface area contributed by atoms with E-state index in [9.17, 15) is 26.7 Å². The van der Waals surface area contributed by atoms with Crippen LogP contribution < -0.4 is 14.8 Å². The van der Waals surface area contributed by atoms with Crippen LogP contribution in [0.4, 0.5) is 24.5 Å². The maximum atomic E-state index is 13.1. The standard InChI is InChI=1S/C17H17F3N2O4S/c1-10-14(21)5-6-15-16(10)22(8-12(9-23)26-15)27(24,25)13-4-2-3-11(7-13)17(18,19)20/h2-7,12,23H,8-9,21H2,1H3. The SMILES string of the molecule is Cc1c(N)ccc2c1N(S(=O)(=O)c1cccc(C(F)(F)F)c1)CC(CO)O2. The van der Waals surface area contributed by atoms with E-state index in [1.165, 1.54) is 12.1 Å². The van der Waals surface area contributed by atoms with Gasteiger partial charge in [0.25, 0.3) is 10.0 Å². The second-order valence-electron chi connectivity index (χ2n) is 6.11. The number of halogens is 3. The van der Waals surface area contributed by atoms with Gasteiger partial charge in [-0.25, -0.2) is 8.42 Å². The molecule has 0 aromatic heterocycles. The summed E-state index contributed by atoms with van der Waals surface area (Å²) >= 11 is 0. The van der Waals surface area contributed by atoms with Crippen molar-refractivity contribution in [3.63, 3.8) is 0 Å². The van der Waals surface area contributed by atoms with Crippen molar-refractivity contribution in [2.75, 3.05) is 23.2 Å². The molecule has 1 aliphatic rings. The molecule has 0 spiro atoms. The number of anilines is 2. The average molecular weight is 402 g/mol. The molecule has 3 N–H and O–H groups in total. The van der Waals surface area contributed by atoms with Crippen LogP contribution in [-0.4, -0.2) is 32.8 Å². The van der Waals surface area contributed by atoms with E-state index in [0.717, 1.165) is 22.5 Å². The fourth-order valence-corrected chi connectivity index (χ4v) is 4.47. The minimum atomic E-state index is -4.68. The Kier molecular flexibility index (Phi) is 4.73. The molecule has 1 atom stereocenters. The number of sulfonamides is 1. The third-order valence-electron chi connectivity index (χ3n) is 4.30. The zero-order valence-electron chi connectivity index (χ0n) is 14.2. The highest BCUT2D eigenvalue weighted by molar-refractivity contribution is 7.92. The van der Waals surface area contributed by atoms with Crippen LogP contribution in [-0.2, 0) is 16.2 Å². The number of alkyl halides is 3. The normalized spacial score (nSPS) is 17.4. The number of rotatable bonds is 3. The number of hydrogen-bond donors (Lipinski definition) is 2.